The van der Waals surface area contributed by atoms with Gasteiger partial charge < -0.3 is 10.6 Å². The van der Waals surface area contributed by atoms with Crippen molar-refractivity contribution in [2.24, 2.45) is 0 Å². The number of nitrogens with one attached hydrogen (secondary N) is 2. The summed E-state index contributed by atoms with van der Waals surface area (Å²) in [6, 6.07) is 16.8. The lowest BCUT2D eigenvalue weighted by molar-refractivity contribution is -0.133. The van der Waals surface area contributed by atoms with Gasteiger partial charge in [-0.15, -0.1) is 0 Å². The van der Waals surface area contributed by atoms with Gasteiger partial charge >= 0.3 is 6.03 Å². The molecule has 4 amide bonds. The number of aromatic nitrogens is 2. The van der Waals surface area contributed by atoms with E-state index in [9.17, 15) is 14.4 Å². The van der Waals surface area contributed by atoms with E-state index in [1.54, 1.807) is 11.6 Å². The normalized spacial score (nSPS) is 21.2. The van der Waals surface area contributed by atoms with E-state index in [2.05, 4.69) is 10.6 Å². The summed E-state index contributed by atoms with van der Waals surface area (Å²) in [6.07, 6.45) is 5.29. The van der Waals surface area contributed by atoms with E-state index in [4.69, 9.17) is 5.10 Å². The van der Waals surface area contributed by atoms with Crippen molar-refractivity contribution >= 4 is 23.7 Å². The SMILES string of the molecule is CC1(c2ccc3c(c2)CCC3)NC(=O)N(CC(=O)Nc2cc(C3CC3)nn2-c2ccccc2)C1=O. The first-order chi connectivity index (χ1) is 16.9. The van der Waals surface area contributed by atoms with Crippen LogP contribution in [0.15, 0.2) is 54.6 Å². The number of hydrogen-bond acceptors (Lipinski definition) is 4. The highest BCUT2D eigenvalue weighted by Gasteiger charge is 2.49. The number of fused-ring (bicyclic) bond motifs is 1. The number of rotatable bonds is 6. The van der Waals surface area contributed by atoms with Crippen molar-refractivity contribution in [1.82, 2.24) is 20.0 Å². The summed E-state index contributed by atoms with van der Waals surface area (Å²) < 4.78 is 1.70. The Kier molecular flexibility index (Phi) is 4.98. The second kappa shape index (κ2) is 8.08. The summed E-state index contributed by atoms with van der Waals surface area (Å²) in [7, 11) is 0. The molecule has 178 valence electrons. The van der Waals surface area contributed by atoms with E-state index in [0.717, 1.165) is 53.9 Å². The first-order valence-electron chi connectivity index (χ1n) is 12.1. The second-order valence-electron chi connectivity index (χ2n) is 9.81. The number of amides is 4. The van der Waals surface area contributed by atoms with E-state index >= 15 is 0 Å². The first kappa shape index (κ1) is 21.6. The molecule has 2 aliphatic carbocycles. The van der Waals surface area contributed by atoms with Crippen LogP contribution in [0.1, 0.15) is 54.5 Å². The van der Waals surface area contributed by atoms with Gasteiger partial charge in [-0.3, -0.25) is 14.5 Å². The van der Waals surface area contributed by atoms with Crippen LogP contribution in [0, 0.1) is 0 Å². The van der Waals surface area contributed by atoms with E-state index in [1.165, 1.54) is 11.1 Å². The summed E-state index contributed by atoms with van der Waals surface area (Å²) in [6.45, 7) is 1.33. The molecule has 3 aliphatic rings. The lowest BCUT2D eigenvalue weighted by Gasteiger charge is -2.23. The van der Waals surface area contributed by atoms with Crippen LogP contribution in [-0.4, -0.2) is 39.1 Å². The van der Waals surface area contributed by atoms with Gasteiger partial charge in [0.15, 0.2) is 0 Å². The molecule has 2 heterocycles. The molecule has 2 aromatic carbocycles. The van der Waals surface area contributed by atoms with Crippen LogP contribution < -0.4 is 10.6 Å². The molecule has 1 aromatic heterocycles. The minimum Gasteiger partial charge on any atom is -0.319 e. The largest absolute Gasteiger partial charge is 0.325 e. The van der Waals surface area contributed by atoms with Crippen molar-refractivity contribution in [2.75, 3.05) is 11.9 Å². The molecule has 0 bridgehead atoms. The predicted molar refractivity (Wildman–Crippen MR) is 130 cm³/mol. The van der Waals surface area contributed by atoms with Crippen molar-refractivity contribution in [3.05, 3.63) is 77.0 Å². The number of nitrogens with zero attached hydrogens (tertiary/aromatic N) is 3. The number of benzene rings is 2. The molecule has 0 radical (unpaired) electrons. The van der Waals surface area contributed by atoms with Gasteiger partial charge in [-0.2, -0.15) is 5.10 Å². The number of hydrogen-bond donors (Lipinski definition) is 2. The highest BCUT2D eigenvalue weighted by atomic mass is 16.2. The molecule has 1 atom stereocenters. The zero-order chi connectivity index (χ0) is 24.2. The molecular formula is C27H27N5O3. The maximum Gasteiger partial charge on any atom is 0.325 e. The fraction of sp³-hybridized carbons (Fsp3) is 0.333. The average Bonchev–Trinajstić information content (AvgIpc) is 3.38. The fourth-order valence-electron chi connectivity index (χ4n) is 5.08. The molecule has 35 heavy (non-hydrogen) atoms. The van der Waals surface area contributed by atoms with E-state index < -0.39 is 23.4 Å². The number of imide groups is 1. The first-order valence-corrected chi connectivity index (χ1v) is 12.1. The Balaban J connectivity index is 1.21. The van der Waals surface area contributed by atoms with E-state index in [-0.39, 0.29) is 6.54 Å². The highest BCUT2D eigenvalue weighted by Crippen LogP contribution is 2.40. The molecule has 0 spiro atoms. The maximum atomic E-state index is 13.4. The molecule has 8 heteroatoms. The van der Waals surface area contributed by atoms with Crippen molar-refractivity contribution in [2.45, 2.75) is 50.5 Å². The third-order valence-corrected chi connectivity index (χ3v) is 7.24. The van der Waals surface area contributed by atoms with Crippen molar-refractivity contribution in [3.8, 4) is 5.69 Å². The Bertz CT molecular complexity index is 1340. The lowest BCUT2D eigenvalue weighted by atomic mass is 9.89. The molecule has 3 aromatic rings. The Hall–Kier alpha value is -3.94. The molecule has 2 fully saturated rings. The summed E-state index contributed by atoms with van der Waals surface area (Å²) in [5.41, 5.74) is 3.83. The van der Waals surface area contributed by atoms with Crippen LogP contribution in [0.2, 0.25) is 0 Å². The zero-order valence-electron chi connectivity index (χ0n) is 19.6. The molecule has 1 unspecified atom stereocenters. The third-order valence-electron chi connectivity index (χ3n) is 7.24. The summed E-state index contributed by atoms with van der Waals surface area (Å²) in [5, 5.41) is 10.4. The van der Waals surface area contributed by atoms with Gasteiger partial charge in [-0.25, -0.2) is 9.48 Å². The molecular weight excluding hydrogens is 442 g/mol. The maximum absolute atomic E-state index is 13.4. The molecule has 2 N–H and O–H groups in total. The fourth-order valence-corrected chi connectivity index (χ4v) is 5.08. The van der Waals surface area contributed by atoms with Crippen LogP contribution >= 0.6 is 0 Å². The third kappa shape index (κ3) is 3.79. The number of carbonyl (C=O) groups excluding carboxylic acids is 3. The van der Waals surface area contributed by atoms with Crippen molar-refractivity contribution in [3.63, 3.8) is 0 Å². The summed E-state index contributed by atoms with van der Waals surface area (Å²) in [5.74, 6) is 0.0584. The van der Waals surface area contributed by atoms with Gasteiger partial charge in [0.05, 0.1) is 11.4 Å². The minimum absolute atomic E-state index is 0.371. The number of anilines is 1. The number of carbonyl (C=O) groups is 3. The van der Waals surface area contributed by atoms with Gasteiger partial charge in [-0.1, -0.05) is 36.4 Å². The lowest BCUT2D eigenvalue weighted by Crippen LogP contribution is -2.42. The number of urea groups is 1. The van der Waals surface area contributed by atoms with Gasteiger partial charge in [0, 0.05) is 12.0 Å². The van der Waals surface area contributed by atoms with Crippen LogP contribution in [0.3, 0.4) is 0 Å². The van der Waals surface area contributed by atoms with E-state index in [1.807, 2.05) is 54.6 Å². The Morgan fingerprint density at radius 2 is 1.86 bits per heavy atom. The molecule has 8 nitrogen and oxygen atoms in total. The smallest absolute Gasteiger partial charge is 0.319 e. The van der Waals surface area contributed by atoms with Crippen LogP contribution in [0.25, 0.3) is 5.69 Å². The van der Waals surface area contributed by atoms with Crippen LogP contribution in [-0.2, 0) is 28.0 Å². The summed E-state index contributed by atoms with van der Waals surface area (Å²) >= 11 is 0. The standard InChI is InChI=1S/C27H27N5O3/c1-27(20-13-12-17-6-5-7-19(17)14-20)25(34)31(26(35)29-27)16-24(33)28-23-15-22(18-10-11-18)30-32(23)21-8-3-2-4-9-21/h2-4,8-9,12-15,18H,5-7,10-11,16H2,1H3,(H,28,33)(H,29,35). The predicted octanol–water partition coefficient (Wildman–Crippen LogP) is 3.64. The van der Waals surface area contributed by atoms with Gasteiger partial charge in [0.25, 0.3) is 5.91 Å². The van der Waals surface area contributed by atoms with Gasteiger partial charge in [-0.05, 0) is 67.9 Å². The van der Waals surface area contributed by atoms with Crippen molar-refractivity contribution in [1.29, 1.82) is 0 Å². The van der Waals surface area contributed by atoms with Gasteiger partial charge in [0.2, 0.25) is 5.91 Å². The Morgan fingerprint density at radius 3 is 2.63 bits per heavy atom. The number of para-hydroxylation sites is 1. The molecule has 1 aliphatic heterocycles. The topological polar surface area (TPSA) is 96.3 Å². The quantitative estimate of drug-likeness (QED) is 0.539. The second-order valence-corrected chi connectivity index (χ2v) is 9.81. The molecule has 1 saturated heterocycles. The molecule has 1 saturated carbocycles. The molecule has 6 rings (SSSR count). The minimum atomic E-state index is -1.19. The zero-order valence-corrected chi connectivity index (χ0v) is 19.6. The Labute approximate surface area is 203 Å². The highest BCUT2D eigenvalue weighted by molar-refractivity contribution is 6.10. The van der Waals surface area contributed by atoms with E-state index in [0.29, 0.717) is 11.7 Å². The summed E-state index contributed by atoms with van der Waals surface area (Å²) in [4.78, 5) is 40.1. The van der Waals surface area contributed by atoms with Gasteiger partial charge in [0.1, 0.15) is 17.9 Å². The number of aryl methyl sites for hydroxylation is 2. The average molecular weight is 470 g/mol. The Morgan fingerprint density at radius 1 is 1.09 bits per heavy atom. The van der Waals surface area contributed by atoms with Crippen LogP contribution in [0.4, 0.5) is 10.6 Å². The van der Waals surface area contributed by atoms with Crippen LogP contribution in [0.5, 0.6) is 0 Å². The monoisotopic (exact) mass is 469 g/mol. The van der Waals surface area contributed by atoms with Crippen molar-refractivity contribution < 1.29 is 14.4 Å².